The van der Waals surface area contributed by atoms with Crippen LogP contribution in [0, 0.1) is 12.3 Å². The fourth-order valence-corrected chi connectivity index (χ4v) is 4.40. The summed E-state index contributed by atoms with van der Waals surface area (Å²) in [5, 5.41) is 9.91. The highest BCUT2D eigenvalue weighted by Crippen LogP contribution is 2.36. The van der Waals surface area contributed by atoms with Crippen LogP contribution in [-0.2, 0) is 4.79 Å². The monoisotopic (exact) mass is 425 g/mol. The maximum absolute atomic E-state index is 11.1. The largest absolute Gasteiger partial charge is 0.490 e. The minimum Gasteiger partial charge on any atom is -0.490 e. The predicted octanol–water partition coefficient (Wildman–Crippen LogP) is 5.02. The summed E-state index contributed by atoms with van der Waals surface area (Å²) in [4.78, 5) is 16.6. The number of rotatable bonds is 9. The van der Waals surface area contributed by atoms with Crippen molar-refractivity contribution >= 4 is 50.3 Å². The molecule has 0 aliphatic rings. The first-order valence-corrected chi connectivity index (χ1v) is 10.7. The molecule has 3 aromatic rings. The summed E-state index contributed by atoms with van der Waals surface area (Å²) in [7, 11) is 0. The average molecular weight is 426 g/mol. The quantitative estimate of drug-likeness (QED) is 0.485. The van der Waals surface area contributed by atoms with Gasteiger partial charge in [-0.05, 0) is 42.8 Å². The number of nitrogens with zero attached hydrogens (tertiary/aromatic N) is 1. The number of para-hydroxylation sites is 1. The smallest absolute Gasteiger partial charge is 0.313 e. The van der Waals surface area contributed by atoms with Gasteiger partial charge in [-0.3, -0.25) is 4.79 Å². The molecule has 148 valence electrons. The number of carbonyl (C=O) groups is 1. The van der Waals surface area contributed by atoms with E-state index in [1.807, 2.05) is 49.4 Å². The van der Waals surface area contributed by atoms with E-state index in [2.05, 4.69) is 10.9 Å². The molecule has 0 saturated heterocycles. The van der Waals surface area contributed by atoms with Crippen molar-refractivity contribution in [3.63, 3.8) is 0 Å². The summed E-state index contributed by atoms with van der Waals surface area (Å²) in [6.07, 6.45) is 7.18. The van der Waals surface area contributed by atoms with Crippen LogP contribution in [0.2, 0.25) is 0 Å². The summed E-state index contributed by atoms with van der Waals surface area (Å²) in [5.74, 6) is 2.66. The number of benzene rings is 2. The van der Waals surface area contributed by atoms with Crippen LogP contribution in [0.3, 0.4) is 0 Å². The van der Waals surface area contributed by atoms with Crippen LogP contribution in [0.15, 0.2) is 42.5 Å². The summed E-state index contributed by atoms with van der Waals surface area (Å²) < 4.78 is 12.3. The number of thiazole rings is 1. The maximum Gasteiger partial charge on any atom is 0.313 e. The molecule has 0 radical (unpaired) electrons. The van der Waals surface area contributed by atoms with Gasteiger partial charge >= 0.3 is 5.97 Å². The molecule has 1 heterocycles. The molecule has 0 unspecified atom stereocenters. The van der Waals surface area contributed by atoms with Crippen molar-refractivity contribution in [2.75, 3.05) is 19.0 Å². The lowest BCUT2D eigenvalue weighted by molar-refractivity contribution is -0.133. The third-order valence-corrected chi connectivity index (χ3v) is 5.94. The minimum atomic E-state index is -0.880. The fraction of sp³-hybridized carbons (Fsp3) is 0.182. The van der Waals surface area contributed by atoms with Gasteiger partial charge in [0.2, 0.25) is 0 Å². The number of terminal acetylenes is 1. The SMILES string of the molecule is C#CCOc1ccc(/C=C(\SCC(=O)O)c2nc3ccccc3s2)cc1OCC. The molecular formula is C22H19NO4S2. The molecule has 2 aromatic carbocycles. The second kappa shape index (κ2) is 10.0. The number of fused-ring (bicyclic) bond motifs is 1. The fourth-order valence-electron chi connectivity index (χ4n) is 2.56. The lowest BCUT2D eigenvalue weighted by atomic mass is 10.2. The Hall–Kier alpha value is -2.95. The van der Waals surface area contributed by atoms with Gasteiger partial charge in [-0.2, -0.15) is 0 Å². The van der Waals surface area contributed by atoms with Gasteiger partial charge in [0.25, 0.3) is 0 Å². The van der Waals surface area contributed by atoms with E-state index in [1.54, 1.807) is 6.07 Å². The van der Waals surface area contributed by atoms with Crippen LogP contribution >= 0.6 is 23.1 Å². The Morgan fingerprint density at radius 2 is 2.10 bits per heavy atom. The molecule has 7 heteroatoms. The first-order chi connectivity index (χ1) is 14.1. The second-order valence-corrected chi connectivity index (χ2v) is 7.86. The topological polar surface area (TPSA) is 68.7 Å². The van der Waals surface area contributed by atoms with Crippen molar-refractivity contribution in [2.45, 2.75) is 6.92 Å². The zero-order valence-corrected chi connectivity index (χ0v) is 17.4. The zero-order chi connectivity index (χ0) is 20.6. The zero-order valence-electron chi connectivity index (χ0n) is 15.8. The van der Waals surface area contributed by atoms with Crippen LogP contribution in [0.5, 0.6) is 11.5 Å². The third-order valence-electron chi connectivity index (χ3n) is 3.73. The molecule has 0 fully saturated rings. The number of ether oxygens (including phenoxy) is 2. The van der Waals surface area contributed by atoms with Crippen molar-refractivity contribution in [3.8, 4) is 23.8 Å². The first kappa shape index (κ1) is 20.8. The Morgan fingerprint density at radius 1 is 1.28 bits per heavy atom. The molecule has 0 spiro atoms. The Bertz CT molecular complexity index is 1050. The normalized spacial score (nSPS) is 11.2. The van der Waals surface area contributed by atoms with E-state index in [4.69, 9.17) is 21.0 Å². The van der Waals surface area contributed by atoms with Crippen molar-refractivity contribution in [3.05, 3.63) is 53.0 Å². The van der Waals surface area contributed by atoms with Crippen molar-refractivity contribution in [1.82, 2.24) is 4.98 Å². The molecule has 1 aromatic heterocycles. The molecule has 0 atom stereocenters. The number of hydrogen-bond acceptors (Lipinski definition) is 6. The van der Waals surface area contributed by atoms with Gasteiger partial charge in [0, 0.05) is 4.91 Å². The van der Waals surface area contributed by atoms with Gasteiger partial charge in [-0.1, -0.05) is 24.1 Å². The number of hydrogen-bond donors (Lipinski definition) is 1. The summed E-state index contributed by atoms with van der Waals surface area (Å²) in [5.41, 5.74) is 1.75. The molecule has 3 rings (SSSR count). The van der Waals surface area contributed by atoms with Gasteiger partial charge in [-0.15, -0.1) is 29.5 Å². The molecule has 0 saturated carbocycles. The lowest BCUT2D eigenvalue weighted by Crippen LogP contribution is -1.99. The minimum absolute atomic E-state index is 0.0521. The van der Waals surface area contributed by atoms with E-state index in [-0.39, 0.29) is 12.4 Å². The van der Waals surface area contributed by atoms with Crippen LogP contribution in [0.1, 0.15) is 17.5 Å². The lowest BCUT2D eigenvalue weighted by Gasteiger charge is -2.11. The Balaban J connectivity index is 1.99. The molecule has 0 aliphatic carbocycles. The number of thioether (sulfide) groups is 1. The van der Waals surface area contributed by atoms with E-state index in [0.29, 0.717) is 18.1 Å². The van der Waals surface area contributed by atoms with Crippen LogP contribution < -0.4 is 9.47 Å². The van der Waals surface area contributed by atoms with Crippen LogP contribution in [0.25, 0.3) is 21.2 Å². The van der Waals surface area contributed by atoms with Crippen molar-refractivity contribution in [2.24, 2.45) is 0 Å². The van der Waals surface area contributed by atoms with E-state index in [9.17, 15) is 4.79 Å². The third kappa shape index (κ3) is 5.53. The molecule has 0 bridgehead atoms. The Labute approximate surface area is 177 Å². The predicted molar refractivity (Wildman–Crippen MR) is 120 cm³/mol. The first-order valence-electron chi connectivity index (χ1n) is 8.86. The summed E-state index contributed by atoms with van der Waals surface area (Å²) in [6.45, 7) is 2.53. The average Bonchev–Trinajstić information content (AvgIpc) is 3.14. The molecule has 29 heavy (non-hydrogen) atoms. The highest BCUT2D eigenvalue weighted by atomic mass is 32.2. The van der Waals surface area contributed by atoms with Gasteiger partial charge in [0.15, 0.2) is 11.5 Å². The summed E-state index contributed by atoms with van der Waals surface area (Å²) >= 11 is 2.77. The molecular weight excluding hydrogens is 406 g/mol. The van der Waals surface area contributed by atoms with E-state index in [0.717, 1.165) is 25.7 Å². The van der Waals surface area contributed by atoms with Crippen LogP contribution in [-0.4, -0.2) is 35.0 Å². The van der Waals surface area contributed by atoms with E-state index in [1.165, 1.54) is 23.1 Å². The molecule has 0 amide bonds. The number of carboxylic acid groups (broad SMARTS) is 1. The van der Waals surface area contributed by atoms with Crippen LogP contribution in [0.4, 0.5) is 0 Å². The van der Waals surface area contributed by atoms with E-state index < -0.39 is 5.97 Å². The summed E-state index contributed by atoms with van der Waals surface area (Å²) in [6, 6.07) is 13.4. The number of carboxylic acids is 1. The van der Waals surface area contributed by atoms with Gasteiger partial charge in [0.05, 0.1) is 22.6 Å². The van der Waals surface area contributed by atoms with Gasteiger partial charge in [-0.25, -0.2) is 4.98 Å². The highest BCUT2D eigenvalue weighted by Gasteiger charge is 2.13. The number of aliphatic carboxylic acids is 1. The molecule has 0 aliphatic heterocycles. The van der Waals surface area contributed by atoms with Crippen molar-refractivity contribution in [1.29, 1.82) is 0 Å². The maximum atomic E-state index is 11.1. The molecule has 1 N–H and O–H groups in total. The van der Waals surface area contributed by atoms with Crippen molar-refractivity contribution < 1.29 is 19.4 Å². The molecule has 5 nitrogen and oxygen atoms in total. The number of aromatic nitrogens is 1. The Kier molecular flexibility index (Phi) is 7.17. The van der Waals surface area contributed by atoms with Gasteiger partial charge < -0.3 is 14.6 Å². The standard InChI is InChI=1S/C22H19NO4S2/c1-3-11-27-17-10-9-15(12-18(17)26-4-2)13-20(28-14-21(24)25)22-23-16-7-5-6-8-19(16)29-22/h1,5-10,12-13H,4,11,14H2,2H3,(H,24,25)/b20-13-. The Morgan fingerprint density at radius 3 is 2.83 bits per heavy atom. The van der Waals surface area contributed by atoms with E-state index >= 15 is 0 Å². The second-order valence-electron chi connectivity index (χ2n) is 5.81. The highest BCUT2D eigenvalue weighted by molar-refractivity contribution is 8.09. The van der Waals surface area contributed by atoms with Gasteiger partial charge in [0.1, 0.15) is 11.6 Å².